The highest BCUT2D eigenvalue weighted by Gasteiger charge is 2.05. The van der Waals surface area contributed by atoms with Crippen molar-refractivity contribution >= 4 is 0 Å². The summed E-state index contributed by atoms with van der Waals surface area (Å²) in [6.45, 7) is 9.26. The first-order valence-electron chi connectivity index (χ1n) is 5.82. The lowest BCUT2D eigenvalue weighted by atomic mass is 10.2. The van der Waals surface area contributed by atoms with Gasteiger partial charge in [-0.2, -0.15) is 4.98 Å². The van der Waals surface area contributed by atoms with Gasteiger partial charge in [0.25, 0.3) is 0 Å². The van der Waals surface area contributed by atoms with E-state index in [1.807, 2.05) is 6.92 Å². The van der Waals surface area contributed by atoms with Crippen LogP contribution in [0, 0.1) is 5.92 Å². The molecule has 1 rings (SSSR count). The summed E-state index contributed by atoms with van der Waals surface area (Å²) in [4.78, 5) is 4.26. The summed E-state index contributed by atoms with van der Waals surface area (Å²) < 4.78 is 10.3. The van der Waals surface area contributed by atoms with Crippen molar-refractivity contribution in [3.8, 4) is 0 Å². The molecule has 0 saturated carbocycles. The zero-order chi connectivity index (χ0) is 11.8. The molecule has 92 valence electrons. The van der Waals surface area contributed by atoms with Gasteiger partial charge in [0.05, 0.1) is 13.2 Å². The summed E-state index contributed by atoms with van der Waals surface area (Å²) in [5.41, 5.74) is 0. The van der Waals surface area contributed by atoms with Crippen LogP contribution in [0.4, 0.5) is 0 Å². The topological polar surface area (TPSA) is 60.2 Å². The second-order valence-electron chi connectivity index (χ2n) is 4.08. The average molecular weight is 227 g/mol. The first-order chi connectivity index (χ1) is 7.72. The molecule has 5 heteroatoms. The van der Waals surface area contributed by atoms with E-state index in [-0.39, 0.29) is 0 Å². The molecular weight excluding hydrogens is 206 g/mol. The van der Waals surface area contributed by atoms with Crippen molar-refractivity contribution in [1.82, 2.24) is 15.5 Å². The van der Waals surface area contributed by atoms with Gasteiger partial charge in [0.15, 0.2) is 5.82 Å². The molecule has 1 aromatic heterocycles. The second-order valence-corrected chi connectivity index (χ2v) is 4.08. The molecule has 1 N–H and O–H groups in total. The molecule has 0 spiro atoms. The fourth-order valence-electron chi connectivity index (χ4n) is 1.24. The van der Waals surface area contributed by atoms with Gasteiger partial charge in [-0.3, -0.25) is 0 Å². The zero-order valence-electron chi connectivity index (χ0n) is 10.3. The Morgan fingerprint density at radius 1 is 1.44 bits per heavy atom. The van der Waals surface area contributed by atoms with E-state index in [9.17, 15) is 0 Å². The monoisotopic (exact) mass is 227 g/mol. The smallest absolute Gasteiger partial charge is 0.240 e. The van der Waals surface area contributed by atoms with Gasteiger partial charge in [-0.05, 0) is 19.4 Å². The fourth-order valence-corrected chi connectivity index (χ4v) is 1.24. The average Bonchev–Trinajstić information content (AvgIpc) is 2.66. The molecule has 1 aromatic rings. The summed E-state index contributed by atoms with van der Waals surface area (Å²) in [6.07, 6.45) is 0.710. The molecule has 0 aliphatic carbocycles. The highest BCUT2D eigenvalue weighted by molar-refractivity contribution is 4.86. The molecular formula is C11H21N3O2. The number of hydrogen-bond acceptors (Lipinski definition) is 5. The van der Waals surface area contributed by atoms with Crippen LogP contribution in [-0.4, -0.2) is 29.9 Å². The predicted molar refractivity (Wildman–Crippen MR) is 61.0 cm³/mol. The Balaban J connectivity index is 2.22. The van der Waals surface area contributed by atoms with Crippen LogP contribution in [0.1, 0.15) is 32.5 Å². The fraction of sp³-hybridized carbons (Fsp3) is 0.818. The minimum atomic E-state index is 0.625. The summed E-state index contributed by atoms with van der Waals surface area (Å²) in [5, 5.41) is 7.13. The van der Waals surface area contributed by atoms with Crippen LogP contribution in [0.15, 0.2) is 4.52 Å². The lowest BCUT2D eigenvalue weighted by Gasteiger charge is -2.03. The number of aromatic nitrogens is 2. The number of hydrogen-bond donors (Lipinski definition) is 1. The standard InChI is InChI=1S/C11H21N3O2/c1-4-15-6-5-10-13-11(16-14-10)8-12-7-9(2)3/h9,12H,4-8H2,1-3H3. The molecule has 0 bridgehead atoms. The van der Waals surface area contributed by atoms with Crippen LogP contribution in [0.3, 0.4) is 0 Å². The summed E-state index contributed by atoms with van der Waals surface area (Å²) in [7, 11) is 0. The molecule has 0 aromatic carbocycles. The zero-order valence-corrected chi connectivity index (χ0v) is 10.3. The molecule has 0 unspecified atom stereocenters. The van der Waals surface area contributed by atoms with Crippen molar-refractivity contribution in [2.75, 3.05) is 19.8 Å². The maximum Gasteiger partial charge on any atom is 0.240 e. The number of rotatable bonds is 8. The van der Waals surface area contributed by atoms with E-state index >= 15 is 0 Å². The van der Waals surface area contributed by atoms with Gasteiger partial charge in [0.2, 0.25) is 5.89 Å². The maximum atomic E-state index is 5.22. The third kappa shape index (κ3) is 5.23. The predicted octanol–water partition coefficient (Wildman–Crippen LogP) is 1.39. The van der Waals surface area contributed by atoms with Crippen molar-refractivity contribution < 1.29 is 9.26 Å². The molecule has 0 amide bonds. The Morgan fingerprint density at radius 3 is 2.94 bits per heavy atom. The van der Waals surface area contributed by atoms with E-state index in [4.69, 9.17) is 9.26 Å². The van der Waals surface area contributed by atoms with Crippen molar-refractivity contribution in [2.24, 2.45) is 5.92 Å². The van der Waals surface area contributed by atoms with Crippen LogP contribution >= 0.6 is 0 Å². The third-order valence-electron chi connectivity index (χ3n) is 2.01. The first-order valence-corrected chi connectivity index (χ1v) is 5.82. The van der Waals surface area contributed by atoms with Crippen molar-refractivity contribution in [3.05, 3.63) is 11.7 Å². The van der Waals surface area contributed by atoms with Crippen molar-refractivity contribution in [1.29, 1.82) is 0 Å². The van der Waals surface area contributed by atoms with Crippen LogP contribution in [-0.2, 0) is 17.7 Å². The molecule has 0 fully saturated rings. The molecule has 0 aliphatic rings. The minimum Gasteiger partial charge on any atom is -0.381 e. The lowest BCUT2D eigenvalue weighted by Crippen LogP contribution is -2.19. The Kier molecular flexibility index (Phi) is 6.03. The van der Waals surface area contributed by atoms with E-state index in [1.54, 1.807) is 0 Å². The molecule has 5 nitrogen and oxygen atoms in total. The first kappa shape index (κ1) is 13.1. The van der Waals surface area contributed by atoms with Crippen molar-refractivity contribution in [3.63, 3.8) is 0 Å². The SMILES string of the molecule is CCOCCc1noc(CNCC(C)C)n1. The van der Waals surface area contributed by atoms with E-state index in [0.717, 1.165) is 19.0 Å². The normalized spacial score (nSPS) is 11.2. The molecule has 16 heavy (non-hydrogen) atoms. The minimum absolute atomic E-state index is 0.625. The summed E-state index contributed by atoms with van der Waals surface area (Å²) in [6, 6.07) is 0. The van der Waals surface area contributed by atoms with Gasteiger partial charge >= 0.3 is 0 Å². The largest absolute Gasteiger partial charge is 0.381 e. The Bertz CT molecular complexity index is 287. The van der Waals surface area contributed by atoms with Crippen LogP contribution in [0.25, 0.3) is 0 Å². The lowest BCUT2D eigenvalue weighted by molar-refractivity contribution is 0.149. The van der Waals surface area contributed by atoms with Crippen LogP contribution in [0.2, 0.25) is 0 Å². The van der Waals surface area contributed by atoms with E-state index < -0.39 is 0 Å². The van der Waals surface area contributed by atoms with E-state index in [1.165, 1.54) is 0 Å². The van der Waals surface area contributed by atoms with Gasteiger partial charge in [0, 0.05) is 13.0 Å². The highest BCUT2D eigenvalue weighted by atomic mass is 16.5. The number of ether oxygens (including phenoxy) is 1. The maximum absolute atomic E-state index is 5.22. The van der Waals surface area contributed by atoms with E-state index in [2.05, 4.69) is 29.3 Å². The molecule has 0 radical (unpaired) electrons. The Labute approximate surface area is 96.6 Å². The second kappa shape index (κ2) is 7.35. The Morgan fingerprint density at radius 2 is 2.25 bits per heavy atom. The van der Waals surface area contributed by atoms with Gasteiger partial charge in [-0.25, -0.2) is 0 Å². The van der Waals surface area contributed by atoms with E-state index in [0.29, 0.717) is 31.4 Å². The molecule has 1 heterocycles. The van der Waals surface area contributed by atoms with Gasteiger partial charge in [-0.15, -0.1) is 0 Å². The third-order valence-corrected chi connectivity index (χ3v) is 2.01. The Hall–Kier alpha value is -0.940. The quantitative estimate of drug-likeness (QED) is 0.680. The van der Waals surface area contributed by atoms with Crippen molar-refractivity contribution in [2.45, 2.75) is 33.7 Å². The van der Waals surface area contributed by atoms with Gasteiger partial charge < -0.3 is 14.6 Å². The molecule has 0 atom stereocenters. The summed E-state index contributed by atoms with van der Waals surface area (Å²) in [5.74, 6) is 1.99. The van der Waals surface area contributed by atoms with Gasteiger partial charge in [-0.1, -0.05) is 19.0 Å². The molecule has 0 aliphatic heterocycles. The van der Waals surface area contributed by atoms with Gasteiger partial charge in [0.1, 0.15) is 0 Å². The van der Waals surface area contributed by atoms with Crippen LogP contribution in [0.5, 0.6) is 0 Å². The van der Waals surface area contributed by atoms with Crippen LogP contribution < -0.4 is 5.32 Å². The number of nitrogens with zero attached hydrogens (tertiary/aromatic N) is 2. The molecule has 0 saturated heterocycles. The number of nitrogens with one attached hydrogen (secondary N) is 1. The highest BCUT2D eigenvalue weighted by Crippen LogP contribution is 1.99. The summed E-state index contributed by atoms with van der Waals surface area (Å²) >= 11 is 0.